The molecule has 0 amide bonds. The first-order valence-corrected chi connectivity index (χ1v) is 5.41. The van der Waals surface area contributed by atoms with Gasteiger partial charge in [0.25, 0.3) is 0 Å². The smallest absolute Gasteiger partial charge is 0.345 e. The zero-order chi connectivity index (χ0) is 12.6. The van der Waals surface area contributed by atoms with Crippen molar-refractivity contribution in [2.24, 2.45) is 0 Å². The van der Waals surface area contributed by atoms with E-state index in [0.29, 0.717) is 19.5 Å². The molecule has 17 heavy (non-hydrogen) atoms. The van der Waals surface area contributed by atoms with Crippen molar-refractivity contribution < 1.29 is 23.0 Å². The van der Waals surface area contributed by atoms with Crippen LogP contribution < -0.4 is 0 Å². The molecule has 2 saturated heterocycles. The number of hydrogen-bond donors (Lipinski definition) is 0. The maximum Gasteiger partial charge on any atom is 0.345 e. The van der Waals surface area contributed by atoms with Gasteiger partial charge in [0, 0.05) is 19.5 Å². The minimum absolute atomic E-state index is 0.239. The molecule has 2 fully saturated rings. The Labute approximate surface area is 98.2 Å². The van der Waals surface area contributed by atoms with Crippen molar-refractivity contribution in [1.29, 1.82) is 0 Å². The van der Waals surface area contributed by atoms with Gasteiger partial charge in [-0.05, 0) is 6.42 Å². The van der Waals surface area contributed by atoms with Crippen molar-refractivity contribution in [3.05, 3.63) is 12.2 Å². The second-order valence-corrected chi connectivity index (χ2v) is 4.55. The summed E-state index contributed by atoms with van der Waals surface area (Å²) in [6.45, 7) is 1.90. The molecule has 2 heterocycles. The molecule has 0 spiro atoms. The third kappa shape index (κ3) is 2.07. The highest BCUT2D eigenvalue weighted by Gasteiger charge is 2.56. The number of alkyl halides is 2. The Morgan fingerprint density at radius 2 is 2.35 bits per heavy atom. The van der Waals surface area contributed by atoms with E-state index < -0.39 is 24.2 Å². The highest BCUT2D eigenvalue weighted by molar-refractivity contribution is 5.82. The summed E-state index contributed by atoms with van der Waals surface area (Å²) in [5.41, 5.74) is 0.0803. The van der Waals surface area contributed by atoms with E-state index in [0.717, 1.165) is 5.57 Å². The SMILES string of the molecule is C=C1CN2C[C@H](OC(F)F)C[C@@]2(C(=O)OC)C1. The average molecular weight is 247 g/mol. The quantitative estimate of drug-likeness (QED) is 0.554. The molecule has 0 bridgehead atoms. The zero-order valence-electron chi connectivity index (χ0n) is 9.62. The van der Waals surface area contributed by atoms with Gasteiger partial charge in [-0.25, -0.2) is 0 Å². The van der Waals surface area contributed by atoms with Gasteiger partial charge < -0.3 is 9.47 Å². The summed E-state index contributed by atoms with van der Waals surface area (Å²) in [6.07, 6.45) is 0.0772. The van der Waals surface area contributed by atoms with Gasteiger partial charge in [-0.3, -0.25) is 9.69 Å². The molecule has 0 aromatic carbocycles. The first-order valence-electron chi connectivity index (χ1n) is 5.41. The molecule has 96 valence electrons. The van der Waals surface area contributed by atoms with Gasteiger partial charge in [0.2, 0.25) is 0 Å². The van der Waals surface area contributed by atoms with Gasteiger partial charge in [-0.2, -0.15) is 8.78 Å². The Bertz CT molecular complexity index is 348. The molecule has 0 unspecified atom stereocenters. The fraction of sp³-hybridized carbons (Fsp3) is 0.727. The molecule has 0 aliphatic carbocycles. The number of rotatable bonds is 3. The summed E-state index contributed by atoms with van der Waals surface area (Å²) < 4.78 is 33.6. The molecule has 6 heteroatoms. The van der Waals surface area contributed by atoms with E-state index in [2.05, 4.69) is 11.3 Å². The van der Waals surface area contributed by atoms with Gasteiger partial charge in [-0.15, -0.1) is 0 Å². The minimum Gasteiger partial charge on any atom is -0.468 e. The van der Waals surface area contributed by atoms with E-state index in [4.69, 9.17) is 4.74 Å². The van der Waals surface area contributed by atoms with Gasteiger partial charge in [-0.1, -0.05) is 12.2 Å². The predicted octanol–water partition coefficient (Wildman–Crippen LogP) is 1.17. The predicted molar refractivity (Wildman–Crippen MR) is 55.6 cm³/mol. The summed E-state index contributed by atoms with van der Waals surface area (Å²) in [5.74, 6) is -0.392. The number of halogens is 2. The number of esters is 1. The Morgan fingerprint density at radius 1 is 1.65 bits per heavy atom. The summed E-state index contributed by atoms with van der Waals surface area (Å²) in [5, 5.41) is 0. The largest absolute Gasteiger partial charge is 0.468 e. The second kappa shape index (κ2) is 4.34. The molecule has 2 aliphatic heterocycles. The lowest BCUT2D eigenvalue weighted by molar-refractivity contribution is -0.162. The molecular formula is C11H15F2NO3. The highest BCUT2D eigenvalue weighted by Crippen LogP contribution is 2.42. The maximum absolute atomic E-state index is 12.2. The van der Waals surface area contributed by atoms with Crippen LogP contribution in [0.3, 0.4) is 0 Å². The number of carbonyl (C=O) groups is 1. The van der Waals surface area contributed by atoms with Crippen LogP contribution in [-0.4, -0.2) is 49.3 Å². The summed E-state index contributed by atoms with van der Waals surface area (Å²) >= 11 is 0. The monoisotopic (exact) mass is 247 g/mol. The standard InChI is InChI=1S/C11H15F2NO3/c1-7-3-11(9(15)16-2)4-8(17-10(12)13)6-14(11)5-7/h8,10H,1,3-6H2,2H3/t8-,11-/m1/s1. The van der Waals surface area contributed by atoms with Gasteiger partial charge in [0.15, 0.2) is 0 Å². The maximum atomic E-state index is 12.2. The fourth-order valence-corrected chi connectivity index (χ4v) is 2.84. The molecular weight excluding hydrogens is 232 g/mol. The molecule has 0 saturated carbocycles. The van der Waals surface area contributed by atoms with E-state index in [9.17, 15) is 13.6 Å². The number of hydrogen-bond acceptors (Lipinski definition) is 4. The van der Waals surface area contributed by atoms with Crippen LogP contribution in [0.15, 0.2) is 12.2 Å². The molecule has 0 radical (unpaired) electrons. The van der Waals surface area contributed by atoms with Crippen molar-refractivity contribution in [1.82, 2.24) is 4.90 Å². The molecule has 2 rings (SSSR count). The van der Waals surface area contributed by atoms with Crippen LogP contribution in [0.4, 0.5) is 8.78 Å². The van der Waals surface area contributed by atoms with Crippen LogP contribution in [0.25, 0.3) is 0 Å². The van der Waals surface area contributed by atoms with Crippen molar-refractivity contribution in [3.63, 3.8) is 0 Å². The van der Waals surface area contributed by atoms with E-state index in [1.807, 2.05) is 4.90 Å². The van der Waals surface area contributed by atoms with Crippen LogP contribution in [0.2, 0.25) is 0 Å². The van der Waals surface area contributed by atoms with Gasteiger partial charge >= 0.3 is 12.6 Å². The van der Waals surface area contributed by atoms with Gasteiger partial charge in [0.05, 0.1) is 13.2 Å². The number of methoxy groups -OCH3 is 1. The molecule has 0 N–H and O–H groups in total. The average Bonchev–Trinajstić information content (AvgIpc) is 2.68. The van der Waals surface area contributed by atoms with Crippen molar-refractivity contribution in [3.8, 4) is 0 Å². The Hall–Kier alpha value is -1.01. The summed E-state index contributed by atoms with van der Waals surface area (Å²) in [4.78, 5) is 13.7. The Balaban J connectivity index is 2.15. The van der Waals surface area contributed by atoms with Crippen molar-refractivity contribution >= 4 is 5.97 Å². The Morgan fingerprint density at radius 3 is 2.94 bits per heavy atom. The number of ether oxygens (including phenoxy) is 2. The van der Waals surface area contributed by atoms with Crippen LogP contribution in [0.5, 0.6) is 0 Å². The van der Waals surface area contributed by atoms with E-state index in [-0.39, 0.29) is 6.42 Å². The van der Waals surface area contributed by atoms with Crippen molar-refractivity contribution in [2.45, 2.75) is 31.1 Å². The number of nitrogens with zero attached hydrogens (tertiary/aromatic N) is 1. The van der Waals surface area contributed by atoms with Crippen LogP contribution in [0, 0.1) is 0 Å². The normalized spacial score (nSPS) is 33.2. The summed E-state index contributed by atoms with van der Waals surface area (Å²) in [7, 11) is 1.30. The van der Waals surface area contributed by atoms with E-state index >= 15 is 0 Å². The minimum atomic E-state index is -2.81. The fourth-order valence-electron chi connectivity index (χ4n) is 2.84. The van der Waals surface area contributed by atoms with Crippen LogP contribution in [0.1, 0.15) is 12.8 Å². The number of carbonyl (C=O) groups excluding carboxylic acids is 1. The Kier molecular flexibility index (Phi) is 3.18. The zero-order valence-corrected chi connectivity index (χ0v) is 9.62. The lowest BCUT2D eigenvalue weighted by atomic mass is 9.92. The van der Waals surface area contributed by atoms with E-state index in [1.165, 1.54) is 7.11 Å². The third-order valence-electron chi connectivity index (χ3n) is 3.41. The second-order valence-electron chi connectivity index (χ2n) is 4.55. The first kappa shape index (κ1) is 12.4. The van der Waals surface area contributed by atoms with Crippen molar-refractivity contribution in [2.75, 3.05) is 20.2 Å². The summed E-state index contributed by atoms with van der Waals surface area (Å²) in [6, 6.07) is 0. The van der Waals surface area contributed by atoms with Crippen LogP contribution >= 0.6 is 0 Å². The van der Waals surface area contributed by atoms with Crippen LogP contribution in [-0.2, 0) is 14.3 Å². The molecule has 2 atom stereocenters. The highest BCUT2D eigenvalue weighted by atomic mass is 19.3. The molecule has 0 aromatic heterocycles. The molecule has 2 aliphatic rings. The molecule has 0 aromatic rings. The topological polar surface area (TPSA) is 38.8 Å². The molecule has 4 nitrogen and oxygen atoms in total. The van der Waals surface area contributed by atoms with E-state index in [1.54, 1.807) is 0 Å². The lowest BCUT2D eigenvalue weighted by Crippen LogP contribution is -2.46. The number of fused-ring (bicyclic) bond motifs is 1. The first-order chi connectivity index (χ1) is 7.98. The third-order valence-corrected chi connectivity index (χ3v) is 3.41. The van der Waals surface area contributed by atoms with Gasteiger partial charge in [0.1, 0.15) is 5.54 Å². The lowest BCUT2D eigenvalue weighted by Gasteiger charge is -2.27.